The van der Waals surface area contributed by atoms with Gasteiger partial charge in [0, 0.05) is 22.3 Å². The van der Waals surface area contributed by atoms with E-state index in [1.807, 2.05) is 0 Å². The zero-order valence-electron chi connectivity index (χ0n) is 14.4. The van der Waals surface area contributed by atoms with Crippen LogP contribution in [0.2, 0.25) is 0 Å². The van der Waals surface area contributed by atoms with E-state index in [9.17, 15) is 35.9 Å². The summed E-state index contributed by atoms with van der Waals surface area (Å²) >= 11 is 0. The molecule has 0 heterocycles. The molecule has 3 rings (SSSR count). The Kier molecular flexibility index (Phi) is 7.46. The smallest absolute Gasteiger partial charge is 0.475 e. The first-order chi connectivity index (χ1) is 13.7. The maximum atomic E-state index is 12.1. The van der Waals surface area contributed by atoms with Crippen molar-refractivity contribution >= 4 is 23.5 Å². The van der Waals surface area contributed by atoms with Gasteiger partial charge in [-0.25, -0.2) is 9.59 Å². The fraction of sp³-hybridized carbons (Fsp3) is 0.111. The second kappa shape index (κ2) is 9.20. The number of carboxylic acids is 2. The van der Waals surface area contributed by atoms with Gasteiger partial charge in [-0.1, -0.05) is 48.5 Å². The van der Waals surface area contributed by atoms with Gasteiger partial charge in [0.25, 0.3) is 0 Å². The summed E-state index contributed by atoms with van der Waals surface area (Å²) in [5.41, 5.74) is 2.02. The van der Waals surface area contributed by atoms with Crippen molar-refractivity contribution in [3.05, 3.63) is 70.8 Å². The molecule has 2 N–H and O–H groups in total. The fourth-order valence-corrected chi connectivity index (χ4v) is 2.05. The van der Waals surface area contributed by atoms with Crippen molar-refractivity contribution in [1.29, 1.82) is 0 Å². The lowest BCUT2D eigenvalue weighted by Gasteiger charge is -2.16. The molecule has 30 heavy (non-hydrogen) atoms. The summed E-state index contributed by atoms with van der Waals surface area (Å²) in [5, 5.41) is 14.2. The van der Waals surface area contributed by atoms with Crippen molar-refractivity contribution in [2.75, 3.05) is 0 Å². The molecule has 1 aliphatic rings. The molecule has 0 saturated heterocycles. The second-order valence-electron chi connectivity index (χ2n) is 5.36. The van der Waals surface area contributed by atoms with Crippen LogP contribution in [0.5, 0.6) is 0 Å². The van der Waals surface area contributed by atoms with Crippen LogP contribution in [-0.4, -0.2) is 46.1 Å². The van der Waals surface area contributed by atoms with Crippen LogP contribution in [0.1, 0.15) is 31.8 Å². The Morgan fingerprint density at radius 3 is 0.867 bits per heavy atom. The van der Waals surface area contributed by atoms with E-state index in [0.29, 0.717) is 22.3 Å². The summed E-state index contributed by atoms with van der Waals surface area (Å²) in [7, 11) is 0. The Balaban J connectivity index is 0.000000271. The van der Waals surface area contributed by atoms with Crippen LogP contribution in [0.15, 0.2) is 48.5 Å². The van der Waals surface area contributed by atoms with E-state index in [0.717, 1.165) is 0 Å². The minimum Gasteiger partial charge on any atom is -0.475 e. The van der Waals surface area contributed by atoms with Crippen molar-refractivity contribution in [3.63, 3.8) is 0 Å². The molecule has 0 spiro atoms. The molecular weight excluding hydrogens is 426 g/mol. The predicted molar refractivity (Wildman–Crippen MR) is 87.1 cm³/mol. The molecule has 0 aliphatic heterocycles. The first kappa shape index (κ1) is 24.3. The molecule has 160 valence electrons. The molecule has 0 fully saturated rings. The molecule has 0 unspecified atom stereocenters. The van der Waals surface area contributed by atoms with Crippen molar-refractivity contribution in [3.8, 4) is 0 Å². The third kappa shape index (κ3) is 6.15. The summed E-state index contributed by atoms with van der Waals surface area (Å²) in [4.78, 5) is 42.0. The topological polar surface area (TPSA) is 109 Å². The molecule has 0 bridgehead atoms. The molecule has 2 aromatic rings. The van der Waals surface area contributed by atoms with Gasteiger partial charge in [0.15, 0.2) is 11.6 Å². The molecule has 0 saturated carbocycles. The van der Waals surface area contributed by atoms with Crippen LogP contribution < -0.4 is 0 Å². The second-order valence-corrected chi connectivity index (χ2v) is 5.36. The third-order valence-corrected chi connectivity index (χ3v) is 3.32. The molecule has 0 radical (unpaired) electrons. The van der Waals surface area contributed by atoms with Crippen molar-refractivity contribution in [2.45, 2.75) is 12.4 Å². The standard InChI is InChI=1S/C14H8O2.2C2HF3O2/c15-13-9-5-1-2-6-10(9)14(16)12-8-4-3-7-11(12)13;2*3-2(4,5)1(6)7/h1-8H;2*(H,6,7). The Labute approximate surface area is 163 Å². The van der Waals surface area contributed by atoms with Crippen molar-refractivity contribution in [1.82, 2.24) is 0 Å². The van der Waals surface area contributed by atoms with E-state index in [4.69, 9.17) is 19.8 Å². The minimum atomic E-state index is -5.08. The Morgan fingerprint density at radius 1 is 0.567 bits per heavy atom. The average Bonchev–Trinajstić information content (AvgIpc) is 2.65. The SMILES string of the molecule is O=C(O)C(F)(F)F.O=C(O)C(F)(F)F.O=C1c2ccccc2C(=O)c2ccccc21. The first-order valence-corrected chi connectivity index (χ1v) is 7.55. The van der Waals surface area contributed by atoms with Gasteiger partial charge in [0.05, 0.1) is 0 Å². The number of hydrogen-bond acceptors (Lipinski definition) is 4. The highest BCUT2D eigenvalue weighted by atomic mass is 19.4. The molecular formula is C18H10F6O6. The van der Waals surface area contributed by atoms with E-state index >= 15 is 0 Å². The highest BCUT2D eigenvalue weighted by molar-refractivity contribution is 6.28. The fourth-order valence-electron chi connectivity index (χ4n) is 2.05. The minimum absolute atomic E-state index is 0.0641. The van der Waals surface area contributed by atoms with Crippen molar-refractivity contribution < 1.29 is 55.7 Å². The summed E-state index contributed by atoms with van der Waals surface area (Å²) in [6, 6.07) is 13.9. The number of rotatable bonds is 0. The van der Waals surface area contributed by atoms with Crippen molar-refractivity contribution in [2.24, 2.45) is 0 Å². The quantitative estimate of drug-likeness (QED) is 0.520. The van der Waals surface area contributed by atoms with E-state index in [1.165, 1.54) is 0 Å². The predicted octanol–water partition coefficient (Wildman–Crippen LogP) is 3.73. The zero-order valence-corrected chi connectivity index (χ0v) is 14.4. The normalized spacial score (nSPS) is 12.3. The maximum Gasteiger partial charge on any atom is 0.490 e. The van der Waals surface area contributed by atoms with Gasteiger partial charge >= 0.3 is 24.3 Å². The van der Waals surface area contributed by atoms with Crippen LogP contribution in [0.4, 0.5) is 26.3 Å². The lowest BCUT2D eigenvalue weighted by Crippen LogP contribution is -2.21. The van der Waals surface area contributed by atoms with Crippen LogP contribution in [0, 0.1) is 0 Å². The van der Waals surface area contributed by atoms with Gasteiger partial charge < -0.3 is 10.2 Å². The molecule has 6 nitrogen and oxygen atoms in total. The van der Waals surface area contributed by atoms with Gasteiger partial charge in [0.2, 0.25) is 0 Å². The number of benzene rings is 2. The van der Waals surface area contributed by atoms with Crippen LogP contribution in [0.25, 0.3) is 0 Å². The number of alkyl halides is 6. The van der Waals surface area contributed by atoms with Crippen LogP contribution in [-0.2, 0) is 9.59 Å². The molecule has 0 aromatic heterocycles. The van der Waals surface area contributed by atoms with E-state index in [1.54, 1.807) is 48.5 Å². The Bertz CT molecular complexity index is 848. The number of carbonyl (C=O) groups is 4. The van der Waals surface area contributed by atoms with Crippen LogP contribution in [0.3, 0.4) is 0 Å². The van der Waals surface area contributed by atoms with Gasteiger partial charge in [-0.3, -0.25) is 9.59 Å². The molecule has 2 aromatic carbocycles. The van der Waals surface area contributed by atoms with Crippen LogP contribution >= 0.6 is 0 Å². The highest BCUT2D eigenvalue weighted by Crippen LogP contribution is 2.26. The molecule has 0 amide bonds. The van der Waals surface area contributed by atoms with Gasteiger partial charge in [-0.2, -0.15) is 26.3 Å². The lowest BCUT2D eigenvalue weighted by atomic mass is 9.84. The lowest BCUT2D eigenvalue weighted by molar-refractivity contribution is -0.193. The van der Waals surface area contributed by atoms with Gasteiger partial charge in [-0.05, 0) is 0 Å². The number of fused-ring (bicyclic) bond motifs is 2. The Hall–Kier alpha value is -3.70. The summed E-state index contributed by atoms with van der Waals surface area (Å²) in [6.07, 6.45) is -10.2. The van der Waals surface area contributed by atoms with E-state index < -0.39 is 24.3 Å². The van der Waals surface area contributed by atoms with Gasteiger partial charge in [-0.15, -0.1) is 0 Å². The monoisotopic (exact) mass is 436 g/mol. The number of hydrogen-bond donors (Lipinski definition) is 2. The number of aliphatic carboxylic acids is 2. The first-order valence-electron chi connectivity index (χ1n) is 7.55. The maximum absolute atomic E-state index is 12.1. The third-order valence-electron chi connectivity index (χ3n) is 3.32. The number of carboxylic acid groups (broad SMARTS) is 2. The summed E-state index contributed by atoms with van der Waals surface area (Å²) in [6.45, 7) is 0. The van der Waals surface area contributed by atoms with Gasteiger partial charge in [0.1, 0.15) is 0 Å². The zero-order chi connectivity index (χ0) is 23.3. The van der Waals surface area contributed by atoms with E-state index in [-0.39, 0.29) is 11.6 Å². The highest BCUT2D eigenvalue weighted by Gasteiger charge is 2.38. The average molecular weight is 436 g/mol. The largest absolute Gasteiger partial charge is 0.490 e. The Morgan fingerprint density at radius 2 is 0.733 bits per heavy atom. The molecule has 12 heteroatoms. The molecule has 1 aliphatic carbocycles. The summed E-state index contributed by atoms with van der Waals surface area (Å²) in [5.74, 6) is -5.64. The number of halogens is 6. The number of carbonyl (C=O) groups excluding carboxylic acids is 2. The van der Waals surface area contributed by atoms with E-state index in [2.05, 4.69) is 0 Å². The molecule has 0 atom stereocenters. The number of ketones is 2. The summed E-state index contributed by atoms with van der Waals surface area (Å²) < 4.78 is 63.5.